The molecule has 0 bridgehead atoms. The average Bonchev–Trinajstić information content (AvgIpc) is 2.94. The fourth-order valence-electron chi connectivity index (χ4n) is 4.38. The van der Waals surface area contributed by atoms with Crippen LogP contribution < -0.4 is 4.74 Å². The monoisotopic (exact) mass is 582 g/mol. The van der Waals surface area contributed by atoms with Crippen molar-refractivity contribution in [1.82, 2.24) is 0 Å². The molecular weight excluding hydrogens is 550 g/mol. The number of phenols is 1. The highest BCUT2D eigenvalue weighted by Crippen LogP contribution is 2.50. The maximum absolute atomic E-state index is 13.2. The maximum atomic E-state index is 13.2. The van der Waals surface area contributed by atoms with Crippen LogP contribution in [0.25, 0.3) is 0 Å². The van der Waals surface area contributed by atoms with Crippen molar-refractivity contribution in [2.75, 3.05) is 19.6 Å². The third kappa shape index (κ3) is 8.67. The molecule has 1 aliphatic rings. The molecular formula is C32H33ClFO5P. The molecule has 0 unspecified atom stereocenters. The van der Waals surface area contributed by atoms with E-state index in [9.17, 15) is 14.1 Å². The number of aromatic hydroxyl groups is 1. The first kappa shape index (κ1) is 29.8. The summed E-state index contributed by atoms with van der Waals surface area (Å²) in [5, 5.41) is 11.1. The molecule has 8 heteroatoms. The predicted octanol–water partition coefficient (Wildman–Crippen LogP) is 8.64. The van der Waals surface area contributed by atoms with Gasteiger partial charge in [-0.1, -0.05) is 54.1 Å². The number of hydrogen-bond acceptors (Lipinski definition) is 5. The van der Waals surface area contributed by atoms with E-state index in [1.807, 2.05) is 68.4 Å². The van der Waals surface area contributed by atoms with Gasteiger partial charge in [0.15, 0.2) is 6.35 Å². The Labute approximate surface area is 240 Å². The summed E-state index contributed by atoms with van der Waals surface area (Å²) in [6, 6.07) is 25.2. The Bertz CT molecular complexity index is 1430. The van der Waals surface area contributed by atoms with Gasteiger partial charge < -0.3 is 18.9 Å². The van der Waals surface area contributed by atoms with Gasteiger partial charge >= 0.3 is 7.60 Å². The van der Waals surface area contributed by atoms with Crippen molar-refractivity contribution in [1.29, 1.82) is 0 Å². The summed E-state index contributed by atoms with van der Waals surface area (Å²) in [6.07, 6.45) is 1.85. The molecule has 0 radical (unpaired) electrons. The highest BCUT2D eigenvalue weighted by Gasteiger charge is 2.29. The Morgan fingerprint density at radius 3 is 2.10 bits per heavy atom. The highest BCUT2D eigenvalue weighted by molar-refractivity contribution is 7.53. The summed E-state index contributed by atoms with van der Waals surface area (Å²) in [5.74, 6) is 0.577. The third-order valence-electron chi connectivity index (χ3n) is 6.49. The molecule has 40 heavy (non-hydrogen) atoms. The van der Waals surface area contributed by atoms with E-state index >= 15 is 0 Å². The Hall–Kier alpha value is -3.15. The topological polar surface area (TPSA) is 65.0 Å². The van der Waals surface area contributed by atoms with Crippen LogP contribution >= 0.6 is 19.2 Å². The zero-order valence-corrected chi connectivity index (χ0v) is 24.3. The maximum Gasteiger partial charge on any atom is 0.367 e. The van der Waals surface area contributed by atoms with Crippen molar-refractivity contribution in [2.45, 2.75) is 33.1 Å². The summed E-state index contributed by atoms with van der Waals surface area (Å²) < 4.78 is 42.0. The third-order valence-corrected chi connectivity index (χ3v) is 8.34. The van der Waals surface area contributed by atoms with E-state index in [-0.39, 0.29) is 17.9 Å². The number of aryl methyl sites for hydroxylation is 2. The first-order chi connectivity index (χ1) is 19.2. The molecule has 0 aromatic heterocycles. The molecule has 0 aliphatic carbocycles. The van der Waals surface area contributed by atoms with Crippen molar-refractivity contribution < 1.29 is 27.8 Å². The van der Waals surface area contributed by atoms with Gasteiger partial charge in [0.1, 0.15) is 17.3 Å². The van der Waals surface area contributed by atoms with Gasteiger partial charge in [-0.15, -0.1) is 0 Å². The lowest BCUT2D eigenvalue weighted by Crippen LogP contribution is -2.13. The quantitative estimate of drug-likeness (QED) is 0.221. The minimum atomic E-state index is -3.18. The summed E-state index contributed by atoms with van der Waals surface area (Å²) in [6.45, 7) is 4.89. The smallest absolute Gasteiger partial charge is 0.367 e. The lowest BCUT2D eigenvalue weighted by atomic mass is 9.93. The Morgan fingerprint density at radius 2 is 1.50 bits per heavy atom. The molecule has 1 N–H and O–H groups in total. The van der Waals surface area contributed by atoms with Gasteiger partial charge in [0, 0.05) is 11.4 Å². The molecule has 0 spiro atoms. The van der Waals surface area contributed by atoms with E-state index in [0.29, 0.717) is 31.8 Å². The predicted molar refractivity (Wildman–Crippen MR) is 157 cm³/mol. The standard InChI is InChI=1S/C26H28FO5P.C6H5Cl/c1-18-12-24(30-17-33(29)31-10-3-11-32-33)13-19(2)25(18)16-21-6-9-26(28)22(15-21)14-20-4-7-23(27)8-5-20;7-6-4-2-1-3-5-6/h4-9,12-13,15,28H,3,10-11,14,16-17H2,1-2H3;1-5H. The van der Waals surface area contributed by atoms with Crippen LogP contribution in [0.2, 0.25) is 5.02 Å². The molecule has 210 valence electrons. The number of rotatable bonds is 7. The molecule has 0 atom stereocenters. The first-order valence-corrected chi connectivity index (χ1v) is 15.2. The second kappa shape index (κ2) is 14.0. The number of halogens is 2. The molecule has 1 fully saturated rings. The molecule has 1 aliphatic heterocycles. The first-order valence-electron chi connectivity index (χ1n) is 13.1. The van der Waals surface area contributed by atoms with Crippen LogP contribution in [-0.4, -0.2) is 24.7 Å². The average molecular weight is 583 g/mol. The molecule has 0 saturated carbocycles. The number of benzene rings is 4. The van der Waals surface area contributed by atoms with Crippen molar-refractivity contribution in [3.05, 3.63) is 129 Å². The molecule has 4 aromatic rings. The molecule has 5 nitrogen and oxygen atoms in total. The molecule has 1 saturated heterocycles. The van der Waals surface area contributed by atoms with Gasteiger partial charge in [-0.2, -0.15) is 0 Å². The number of hydrogen-bond donors (Lipinski definition) is 1. The van der Waals surface area contributed by atoms with Gasteiger partial charge in [0.25, 0.3) is 0 Å². The minimum absolute atomic E-state index is 0.101. The Kier molecular flexibility index (Phi) is 10.4. The molecule has 5 rings (SSSR count). The zero-order chi connectivity index (χ0) is 28.5. The number of ether oxygens (including phenoxy) is 1. The van der Waals surface area contributed by atoms with E-state index in [4.69, 9.17) is 25.4 Å². The van der Waals surface area contributed by atoms with Crippen LogP contribution in [-0.2, 0) is 26.5 Å². The molecule has 0 amide bonds. The van der Waals surface area contributed by atoms with Crippen molar-refractivity contribution in [3.63, 3.8) is 0 Å². The zero-order valence-electron chi connectivity index (χ0n) is 22.6. The summed E-state index contributed by atoms with van der Waals surface area (Å²) in [5.41, 5.74) is 6.08. The largest absolute Gasteiger partial charge is 0.508 e. The van der Waals surface area contributed by atoms with Gasteiger partial charge in [0.05, 0.1) is 13.2 Å². The molecule has 4 aromatic carbocycles. The Morgan fingerprint density at radius 1 is 0.875 bits per heavy atom. The van der Waals surface area contributed by atoms with Crippen LogP contribution in [0.5, 0.6) is 11.5 Å². The second-order valence-electron chi connectivity index (χ2n) is 9.68. The van der Waals surface area contributed by atoms with E-state index in [0.717, 1.165) is 44.8 Å². The van der Waals surface area contributed by atoms with Crippen LogP contribution in [0.4, 0.5) is 4.39 Å². The summed E-state index contributed by atoms with van der Waals surface area (Å²) in [7, 11) is -3.18. The van der Waals surface area contributed by atoms with E-state index in [2.05, 4.69) is 0 Å². The van der Waals surface area contributed by atoms with Crippen molar-refractivity contribution >= 4 is 19.2 Å². The van der Waals surface area contributed by atoms with Gasteiger partial charge in [-0.25, -0.2) is 4.39 Å². The van der Waals surface area contributed by atoms with Crippen LogP contribution in [0.15, 0.2) is 84.9 Å². The lowest BCUT2D eigenvalue weighted by Gasteiger charge is -2.23. The van der Waals surface area contributed by atoms with Crippen molar-refractivity contribution in [2.24, 2.45) is 0 Å². The normalized spacial score (nSPS) is 14.2. The second-order valence-corrected chi connectivity index (χ2v) is 12.1. The van der Waals surface area contributed by atoms with E-state index < -0.39 is 7.60 Å². The van der Waals surface area contributed by atoms with Gasteiger partial charge in [-0.3, -0.25) is 4.57 Å². The van der Waals surface area contributed by atoms with Crippen LogP contribution in [0.1, 0.15) is 39.8 Å². The van der Waals surface area contributed by atoms with E-state index in [1.165, 1.54) is 12.1 Å². The summed E-state index contributed by atoms with van der Waals surface area (Å²) >= 11 is 5.54. The molecule has 1 heterocycles. The summed E-state index contributed by atoms with van der Waals surface area (Å²) in [4.78, 5) is 0. The van der Waals surface area contributed by atoms with E-state index in [1.54, 1.807) is 18.2 Å². The van der Waals surface area contributed by atoms with Crippen LogP contribution in [0.3, 0.4) is 0 Å². The fraction of sp³-hybridized carbons (Fsp3) is 0.250. The van der Waals surface area contributed by atoms with Crippen LogP contribution in [0, 0.1) is 19.7 Å². The highest BCUT2D eigenvalue weighted by atomic mass is 35.5. The minimum Gasteiger partial charge on any atom is -0.508 e. The van der Waals surface area contributed by atoms with Gasteiger partial charge in [0.2, 0.25) is 0 Å². The Balaban J connectivity index is 0.000000461. The van der Waals surface area contributed by atoms with Crippen molar-refractivity contribution in [3.8, 4) is 11.5 Å². The SMILES string of the molecule is Cc1cc(OCP2(=O)OCCCO2)cc(C)c1Cc1ccc(O)c(Cc2ccc(F)cc2)c1.Clc1ccccc1. The lowest BCUT2D eigenvalue weighted by molar-refractivity contribution is 0.132. The van der Waals surface area contributed by atoms with Gasteiger partial charge in [-0.05, 0) is 103 Å². The number of phenolic OH excluding ortho intramolecular Hbond substituents is 1. The fourth-order valence-corrected chi connectivity index (χ4v) is 5.87.